The highest BCUT2D eigenvalue weighted by molar-refractivity contribution is 5.94. The Morgan fingerprint density at radius 2 is 2.17 bits per heavy atom. The second-order valence-corrected chi connectivity index (χ2v) is 6.52. The van der Waals surface area contributed by atoms with E-state index in [-0.39, 0.29) is 35.9 Å². The molecule has 1 aromatic rings. The maximum absolute atomic E-state index is 12.8. The molecule has 0 saturated heterocycles. The monoisotopic (exact) mass is 344 g/mol. The van der Waals surface area contributed by atoms with Crippen LogP contribution < -0.4 is 5.73 Å². The van der Waals surface area contributed by atoms with Crippen LogP contribution in [0.5, 0.6) is 0 Å². The Hall–Kier alpha value is -1.04. The van der Waals surface area contributed by atoms with Gasteiger partial charge in [0.2, 0.25) is 0 Å². The molecule has 1 amide bonds. The lowest BCUT2D eigenvalue weighted by molar-refractivity contribution is -0.140. The predicted molar refractivity (Wildman–Crippen MR) is 92.8 cm³/mol. The van der Waals surface area contributed by atoms with Gasteiger partial charge >= 0.3 is 0 Å². The molecular formula is C17H29ClN2O3. The topological polar surface area (TPSA) is 68.7 Å². The molecule has 2 rings (SSSR count). The second kappa shape index (κ2) is 8.18. The van der Waals surface area contributed by atoms with E-state index in [2.05, 4.69) is 20.8 Å². The van der Waals surface area contributed by atoms with Gasteiger partial charge in [-0.05, 0) is 25.8 Å². The van der Waals surface area contributed by atoms with E-state index in [0.717, 1.165) is 19.4 Å². The molecule has 1 heterocycles. The number of furan rings is 1. The lowest BCUT2D eigenvalue weighted by atomic mass is 9.63. The number of amides is 1. The Morgan fingerprint density at radius 3 is 2.65 bits per heavy atom. The van der Waals surface area contributed by atoms with Crippen LogP contribution in [0.15, 0.2) is 16.7 Å². The fraction of sp³-hybridized carbons (Fsp3) is 0.706. The van der Waals surface area contributed by atoms with Gasteiger partial charge in [-0.3, -0.25) is 4.79 Å². The fourth-order valence-electron chi connectivity index (χ4n) is 3.28. The molecule has 1 saturated carbocycles. The van der Waals surface area contributed by atoms with Gasteiger partial charge in [0, 0.05) is 24.6 Å². The van der Waals surface area contributed by atoms with Crippen molar-refractivity contribution in [2.75, 3.05) is 13.2 Å². The number of nitrogens with two attached hydrogens (primary N) is 1. The Balaban J connectivity index is 0.00000264. The zero-order valence-electron chi connectivity index (χ0n) is 14.5. The summed E-state index contributed by atoms with van der Waals surface area (Å²) in [4.78, 5) is 14.8. The predicted octanol–water partition coefficient (Wildman–Crippen LogP) is 3.22. The normalized spacial score (nSPS) is 22.1. The summed E-state index contributed by atoms with van der Waals surface area (Å²) in [5.41, 5.74) is 6.12. The van der Waals surface area contributed by atoms with E-state index in [1.807, 2.05) is 11.8 Å². The number of hydrogen-bond donors (Lipinski definition) is 1. The fourth-order valence-corrected chi connectivity index (χ4v) is 3.28. The van der Waals surface area contributed by atoms with Crippen LogP contribution in [0, 0.1) is 5.41 Å². The van der Waals surface area contributed by atoms with Gasteiger partial charge in [0.05, 0.1) is 18.2 Å². The van der Waals surface area contributed by atoms with E-state index in [1.165, 1.54) is 6.26 Å². The van der Waals surface area contributed by atoms with Crippen molar-refractivity contribution in [3.8, 4) is 0 Å². The molecule has 1 aliphatic rings. The number of halogens is 1. The number of hydrogen-bond acceptors (Lipinski definition) is 4. The highest BCUT2D eigenvalue weighted by atomic mass is 35.5. The summed E-state index contributed by atoms with van der Waals surface area (Å²) in [7, 11) is 0. The van der Waals surface area contributed by atoms with Crippen LogP contribution in [-0.4, -0.2) is 36.1 Å². The number of carbonyl (C=O) groups excluding carboxylic acids is 1. The summed E-state index contributed by atoms with van der Waals surface area (Å²) in [6.45, 7) is 10.2. The molecule has 1 aliphatic carbocycles. The van der Waals surface area contributed by atoms with Crippen LogP contribution in [0.25, 0.3) is 0 Å². The molecule has 2 N–H and O–H groups in total. The maximum atomic E-state index is 12.8. The molecule has 6 heteroatoms. The first-order chi connectivity index (χ1) is 10.5. The molecule has 5 nitrogen and oxygen atoms in total. The van der Waals surface area contributed by atoms with Crippen LogP contribution in [-0.2, 0) is 11.3 Å². The van der Waals surface area contributed by atoms with Crippen molar-refractivity contribution in [3.05, 3.63) is 23.7 Å². The van der Waals surface area contributed by atoms with E-state index < -0.39 is 0 Å². The van der Waals surface area contributed by atoms with Crippen molar-refractivity contribution in [1.29, 1.82) is 0 Å². The molecule has 132 valence electrons. The molecule has 0 spiro atoms. The minimum atomic E-state index is -0.0265. The quantitative estimate of drug-likeness (QED) is 0.824. The Bertz CT molecular complexity index is 516. The van der Waals surface area contributed by atoms with E-state index >= 15 is 0 Å². The first-order valence-corrected chi connectivity index (χ1v) is 8.15. The molecule has 23 heavy (non-hydrogen) atoms. The maximum Gasteiger partial charge on any atom is 0.257 e. The third-order valence-electron chi connectivity index (χ3n) is 4.70. The summed E-state index contributed by atoms with van der Waals surface area (Å²) < 4.78 is 11.1. The van der Waals surface area contributed by atoms with E-state index in [0.29, 0.717) is 24.5 Å². The van der Waals surface area contributed by atoms with Crippen molar-refractivity contribution in [2.24, 2.45) is 11.1 Å². The van der Waals surface area contributed by atoms with E-state index in [1.54, 1.807) is 6.07 Å². The van der Waals surface area contributed by atoms with Crippen LogP contribution in [0.1, 0.15) is 56.7 Å². The van der Waals surface area contributed by atoms with Gasteiger partial charge in [-0.15, -0.1) is 12.4 Å². The lowest BCUT2D eigenvalue weighted by Crippen LogP contribution is -2.63. The van der Waals surface area contributed by atoms with Crippen molar-refractivity contribution >= 4 is 18.3 Å². The molecule has 0 radical (unpaired) electrons. The molecule has 2 unspecified atom stereocenters. The first-order valence-electron chi connectivity index (χ1n) is 8.15. The minimum absolute atomic E-state index is 0. The molecule has 1 aromatic heterocycles. The smallest absolute Gasteiger partial charge is 0.257 e. The molecule has 1 fully saturated rings. The van der Waals surface area contributed by atoms with Crippen molar-refractivity contribution in [1.82, 2.24) is 4.90 Å². The molecule has 2 atom stereocenters. The molecule has 0 aromatic carbocycles. The summed E-state index contributed by atoms with van der Waals surface area (Å²) in [6, 6.07) is 1.95. The Kier molecular flexibility index (Phi) is 7.11. The number of ether oxygens (including phenoxy) is 1. The summed E-state index contributed by atoms with van der Waals surface area (Å²) in [6.07, 6.45) is 3.56. The average Bonchev–Trinajstić information content (AvgIpc) is 2.98. The zero-order valence-corrected chi connectivity index (χ0v) is 15.3. The van der Waals surface area contributed by atoms with Crippen molar-refractivity contribution in [3.63, 3.8) is 0 Å². The Labute approximate surface area is 144 Å². The van der Waals surface area contributed by atoms with Crippen molar-refractivity contribution < 1.29 is 13.9 Å². The third-order valence-corrected chi connectivity index (χ3v) is 4.70. The summed E-state index contributed by atoms with van der Waals surface area (Å²) in [5.74, 6) is 0.665. The number of rotatable bonds is 7. The Morgan fingerprint density at radius 1 is 1.48 bits per heavy atom. The van der Waals surface area contributed by atoms with Crippen LogP contribution in [0.4, 0.5) is 0 Å². The standard InChI is InChI=1S/C17H28N2O3.ClH/c1-5-7-19(14-9-15(21-6-2)17(14,3)4)16(20)12-8-13(10-18)22-11-12;/h8,11,14-15H,5-7,9-10,18H2,1-4H3;1H. The van der Waals surface area contributed by atoms with Crippen molar-refractivity contribution in [2.45, 2.75) is 59.2 Å². The van der Waals surface area contributed by atoms with Gasteiger partial charge in [0.15, 0.2) is 0 Å². The van der Waals surface area contributed by atoms with E-state index in [9.17, 15) is 4.79 Å². The second-order valence-electron chi connectivity index (χ2n) is 6.52. The van der Waals surface area contributed by atoms with Crippen LogP contribution in [0.3, 0.4) is 0 Å². The average molecular weight is 345 g/mol. The van der Waals surface area contributed by atoms with Crippen LogP contribution in [0.2, 0.25) is 0 Å². The molecular weight excluding hydrogens is 316 g/mol. The highest BCUT2D eigenvalue weighted by Gasteiger charge is 2.52. The van der Waals surface area contributed by atoms with Gasteiger partial charge in [-0.1, -0.05) is 20.8 Å². The molecule has 0 bridgehead atoms. The van der Waals surface area contributed by atoms with Gasteiger partial charge in [0.25, 0.3) is 5.91 Å². The van der Waals surface area contributed by atoms with Crippen LogP contribution >= 0.6 is 12.4 Å². The van der Waals surface area contributed by atoms with Gasteiger partial charge < -0.3 is 19.8 Å². The first kappa shape index (κ1) is 20.0. The largest absolute Gasteiger partial charge is 0.467 e. The van der Waals surface area contributed by atoms with Gasteiger partial charge in [-0.2, -0.15) is 0 Å². The molecule has 0 aliphatic heterocycles. The number of nitrogens with zero attached hydrogens (tertiary/aromatic N) is 1. The van der Waals surface area contributed by atoms with Gasteiger partial charge in [-0.25, -0.2) is 0 Å². The SMILES string of the molecule is CCCN(C(=O)c1coc(CN)c1)C1CC(OCC)C1(C)C.Cl. The summed E-state index contributed by atoms with van der Waals surface area (Å²) >= 11 is 0. The summed E-state index contributed by atoms with van der Waals surface area (Å²) in [5, 5.41) is 0. The van der Waals surface area contributed by atoms with E-state index in [4.69, 9.17) is 14.9 Å². The third kappa shape index (κ3) is 3.90. The lowest BCUT2D eigenvalue weighted by Gasteiger charge is -2.55. The highest BCUT2D eigenvalue weighted by Crippen LogP contribution is 2.46. The number of carbonyl (C=O) groups is 1. The van der Waals surface area contributed by atoms with Gasteiger partial charge in [0.1, 0.15) is 12.0 Å². The zero-order chi connectivity index (χ0) is 16.3. The minimum Gasteiger partial charge on any atom is -0.467 e.